The van der Waals surface area contributed by atoms with Crippen LogP contribution in [0.1, 0.15) is 34.6 Å². The summed E-state index contributed by atoms with van der Waals surface area (Å²) in [6.45, 7) is 9.99. The Morgan fingerprint density at radius 3 is 2.07 bits per heavy atom. The Morgan fingerprint density at radius 2 is 1.67 bits per heavy atom. The third kappa shape index (κ3) is 2.72. The van der Waals surface area contributed by atoms with E-state index in [-0.39, 0.29) is 23.5 Å². The summed E-state index contributed by atoms with van der Waals surface area (Å²) in [5.41, 5.74) is -0.770. The molecule has 86 valence electrons. The van der Waals surface area contributed by atoms with E-state index < -0.39 is 7.12 Å². The van der Waals surface area contributed by atoms with Crippen molar-refractivity contribution in [3.05, 3.63) is 0 Å². The van der Waals surface area contributed by atoms with Crippen LogP contribution in [0, 0.1) is 0 Å². The van der Waals surface area contributed by atoms with E-state index in [1.165, 1.54) is 0 Å². The molecular formula is C10H19BO4. The molecule has 0 aliphatic carbocycles. The summed E-state index contributed by atoms with van der Waals surface area (Å²) < 4.78 is 16.2. The number of ether oxygens (including phenoxy) is 1. The number of rotatable bonds is 3. The van der Waals surface area contributed by atoms with Gasteiger partial charge in [0, 0.05) is 0 Å². The first kappa shape index (κ1) is 12.5. The lowest BCUT2D eigenvalue weighted by Gasteiger charge is -2.32. The molecule has 5 heteroatoms. The Morgan fingerprint density at radius 1 is 1.20 bits per heavy atom. The van der Waals surface area contributed by atoms with E-state index in [0.717, 1.165) is 0 Å². The molecule has 0 spiro atoms. The van der Waals surface area contributed by atoms with E-state index in [0.29, 0.717) is 6.61 Å². The zero-order chi connectivity index (χ0) is 11.7. The molecule has 1 aliphatic rings. The van der Waals surface area contributed by atoms with Crippen molar-refractivity contribution in [3.8, 4) is 0 Å². The minimum absolute atomic E-state index is 0.153. The Kier molecular flexibility index (Phi) is 3.46. The molecule has 0 bridgehead atoms. The van der Waals surface area contributed by atoms with Gasteiger partial charge in [0.1, 0.15) is 0 Å². The van der Waals surface area contributed by atoms with E-state index >= 15 is 0 Å². The highest BCUT2D eigenvalue weighted by atomic mass is 16.7. The van der Waals surface area contributed by atoms with Crippen molar-refractivity contribution in [2.24, 2.45) is 0 Å². The highest BCUT2D eigenvalue weighted by Gasteiger charge is 2.51. The van der Waals surface area contributed by atoms with Gasteiger partial charge in [-0.25, -0.2) is 0 Å². The van der Waals surface area contributed by atoms with E-state index in [9.17, 15) is 4.79 Å². The van der Waals surface area contributed by atoms with Gasteiger partial charge < -0.3 is 14.0 Å². The van der Waals surface area contributed by atoms with Gasteiger partial charge in [-0.2, -0.15) is 0 Å². The highest BCUT2D eigenvalue weighted by molar-refractivity contribution is 6.49. The topological polar surface area (TPSA) is 44.8 Å². The standard InChI is InChI=1S/C10H19BO4/c1-6-13-8(12)7-11-14-9(2,3)10(4,5)15-11/h6-7H2,1-5H3. The largest absolute Gasteiger partial charge is 0.469 e. The molecule has 1 fully saturated rings. The maximum atomic E-state index is 11.2. The minimum atomic E-state index is -0.492. The van der Waals surface area contributed by atoms with E-state index in [4.69, 9.17) is 14.0 Å². The van der Waals surface area contributed by atoms with Gasteiger partial charge in [0.05, 0.1) is 24.1 Å². The number of carbonyl (C=O) groups is 1. The van der Waals surface area contributed by atoms with Crippen LogP contribution in [0.5, 0.6) is 0 Å². The van der Waals surface area contributed by atoms with Crippen molar-refractivity contribution in [1.29, 1.82) is 0 Å². The quantitative estimate of drug-likeness (QED) is 0.529. The van der Waals surface area contributed by atoms with E-state index in [2.05, 4.69) is 0 Å². The molecule has 0 unspecified atom stereocenters. The molecule has 1 saturated heterocycles. The molecule has 0 aromatic heterocycles. The van der Waals surface area contributed by atoms with Crippen molar-refractivity contribution in [3.63, 3.8) is 0 Å². The van der Waals surface area contributed by atoms with Gasteiger partial charge in [-0.1, -0.05) is 0 Å². The first-order valence-corrected chi connectivity index (χ1v) is 5.30. The fraction of sp³-hybridized carbons (Fsp3) is 0.900. The molecule has 1 heterocycles. The number of carbonyl (C=O) groups excluding carboxylic acids is 1. The Labute approximate surface area is 91.4 Å². The van der Waals surface area contributed by atoms with Gasteiger partial charge in [-0.15, -0.1) is 0 Å². The lowest BCUT2D eigenvalue weighted by atomic mass is 9.85. The highest BCUT2D eigenvalue weighted by Crippen LogP contribution is 2.37. The van der Waals surface area contributed by atoms with Crippen molar-refractivity contribution in [2.75, 3.05) is 6.61 Å². The van der Waals surface area contributed by atoms with Crippen molar-refractivity contribution < 1.29 is 18.8 Å². The third-order valence-corrected chi connectivity index (χ3v) is 2.94. The van der Waals surface area contributed by atoms with Crippen LogP contribution in [0.3, 0.4) is 0 Å². The van der Waals surface area contributed by atoms with Gasteiger partial charge in [-0.3, -0.25) is 4.79 Å². The fourth-order valence-corrected chi connectivity index (χ4v) is 1.40. The predicted molar refractivity (Wildman–Crippen MR) is 57.5 cm³/mol. The predicted octanol–water partition coefficient (Wildman–Crippen LogP) is 1.64. The average Bonchev–Trinajstić information content (AvgIpc) is 2.19. The molecular weight excluding hydrogens is 195 g/mol. The zero-order valence-electron chi connectivity index (χ0n) is 10.1. The second kappa shape index (κ2) is 4.14. The van der Waals surface area contributed by atoms with Crippen LogP contribution < -0.4 is 0 Å². The number of hydrogen-bond donors (Lipinski definition) is 0. The van der Waals surface area contributed by atoms with Gasteiger partial charge in [-0.05, 0) is 34.6 Å². The molecule has 4 nitrogen and oxygen atoms in total. The first-order valence-electron chi connectivity index (χ1n) is 5.30. The Balaban J connectivity index is 2.52. The summed E-state index contributed by atoms with van der Waals surface area (Å²) in [5.74, 6) is -0.281. The molecule has 0 N–H and O–H groups in total. The molecule has 0 aromatic rings. The second-order valence-corrected chi connectivity index (χ2v) is 4.70. The first-order chi connectivity index (χ1) is 6.78. The van der Waals surface area contributed by atoms with Gasteiger partial charge in [0.2, 0.25) is 0 Å². The number of hydrogen-bond acceptors (Lipinski definition) is 4. The summed E-state index contributed by atoms with van der Waals surface area (Å²) in [5, 5.41) is 0. The van der Waals surface area contributed by atoms with Crippen LogP contribution in [0.15, 0.2) is 0 Å². The lowest BCUT2D eigenvalue weighted by Crippen LogP contribution is -2.41. The van der Waals surface area contributed by atoms with E-state index in [1.807, 2.05) is 27.7 Å². The van der Waals surface area contributed by atoms with Crippen LogP contribution in [0.2, 0.25) is 6.32 Å². The summed E-state index contributed by atoms with van der Waals surface area (Å²) in [6.07, 6.45) is 0.153. The SMILES string of the molecule is CCOC(=O)CB1OC(C)(C)C(C)(C)O1. The monoisotopic (exact) mass is 214 g/mol. The summed E-state index contributed by atoms with van der Waals surface area (Å²) in [7, 11) is -0.492. The van der Waals surface area contributed by atoms with Crippen LogP contribution >= 0.6 is 0 Å². The second-order valence-electron chi connectivity index (χ2n) is 4.70. The molecule has 1 rings (SSSR count). The molecule has 1 aliphatic heterocycles. The zero-order valence-corrected chi connectivity index (χ0v) is 10.1. The molecule has 0 aromatic carbocycles. The maximum absolute atomic E-state index is 11.2. The van der Waals surface area contributed by atoms with Crippen LogP contribution in [0.25, 0.3) is 0 Å². The van der Waals surface area contributed by atoms with Crippen LogP contribution in [-0.4, -0.2) is 30.9 Å². The summed E-state index contributed by atoms with van der Waals surface area (Å²) >= 11 is 0. The normalized spacial score (nSPS) is 22.9. The van der Waals surface area contributed by atoms with Crippen molar-refractivity contribution >= 4 is 13.1 Å². The fourth-order valence-electron chi connectivity index (χ4n) is 1.40. The van der Waals surface area contributed by atoms with Crippen molar-refractivity contribution in [2.45, 2.75) is 52.1 Å². The van der Waals surface area contributed by atoms with Crippen LogP contribution in [0.4, 0.5) is 0 Å². The maximum Gasteiger partial charge on any atom is 0.469 e. The Hall–Kier alpha value is -0.545. The van der Waals surface area contributed by atoms with Gasteiger partial charge >= 0.3 is 13.1 Å². The molecule has 0 radical (unpaired) electrons. The number of esters is 1. The smallest absolute Gasteiger partial charge is 0.466 e. The van der Waals surface area contributed by atoms with E-state index in [1.54, 1.807) is 6.92 Å². The Bertz CT molecular complexity index is 234. The average molecular weight is 214 g/mol. The summed E-state index contributed by atoms with van der Waals surface area (Å²) in [6, 6.07) is 0. The summed E-state index contributed by atoms with van der Waals surface area (Å²) in [4.78, 5) is 11.2. The lowest BCUT2D eigenvalue weighted by molar-refractivity contribution is -0.140. The minimum Gasteiger partial charge on any atom is -0.466 e. The van der Waals surface area contributed by atoms with Gasteiger partial charge in [0.25, 0.3) is 0 Å². The third-order valence-electron chi connectivity index (χ3n) is 2.94. The van der Waals surface area contributed by atoms with Crippen molar-refractivity contribution in [1.82, 2.24) is 0 Å². The molecule has 0 amide bonds. The molecule has 0 saturated carbocycles. The molecule has 15 heavy (non-hydrogen) atoms. The molecule has 0 atom stereocenters. The van der Waals surface area contributed by atoms with Gasteiger partial charge in [0.15, 0.2) is 0 Å². The van der Waals surface area contributed by atoms with Crippen LogP contribution in [-0.2, 0) is 18.8 Å².